The number of para-hydroxylation sites is 1. The zero-order valence-corrected chi connectivity index (χ0v) is 25.3. The summed E-state index contributed by atoms with van der Waals surface area (Å²) < 4.78 is 5.47. The first-order valence-corrected chi connectivity index (χ1v) is 14.5. The quantitative estimate of drug-likeness (QED) is 0.222. The van der Waals surface area contributed by atoms with Crippen LogP contribution in [0.3, 0.4) is 0 Å². The fourth-order valence-electron chi connectivity index (χ4n) is 4.45. The Bertz CT molecular complexity index is 1140. The molecule has 0 spiro atoms. The van der Waals surface area contributed by atoms with Crippen LogP contribution in [0.2, 0.25) is 0 Å². The van der Waals surface area contributed by atoms with Gasteiger partial charge in [-0.1, -0.05) is 63.4 Å². The van der Waals surface area contributed by atoms with Gasteiger partial charge in [-0.2, -0.15) is 0 Å². The lowest BCUT2D eigenvalue weighted by Gasteiger charge is -2.35. The Morgan fingerprint density at radius 3 is 2.22 bits per heavy atom. The fraction of sp³-hybridized carbons (Fsp3) is 0.531. The maximum Gasteiger partial charge on any atom is 0.408 e. The number of nitrogens with zero attached hydrogens (tertiary/aromatic N) is 1. The Labute approximate surface area is 244 Å². The minimum atomic E-state index is -1.11. The second-order valence-electron chi connectivity index (χ2n) is 11.4. The number of benzene rings is 2. The van der Waals surface area contributed by atoms with Gasteiger partial charge in [0.2, 0.25) is 11.8 Å². The van der Waals surface area contributed by atoms with Crippen molar-refractivity contribution in [2.75, 3.05) is 13.1 Å². The number of hydrogen-bond donors (Lipinski definition) is 4. The van der Waals surface area contributed by atoms with Crippen molar-refractivity contribution in [1.82, 2.24) is 15.5 Å². The van der Waals surface area contributed by atoms with E-state index in [1.165, 1.54) is 17.0 Å². The number of aromatic hydroxyl groups is 2. The van der Waals surface area contributed by atoms with Crippen molar-refractivity contribution in [1.29, 1.82) is 0 Å². The zero-order valence-electron chi connectivity index (χ0n) is 25.3. The Kier molecular flexibility index (Phi) is 13.0. The highest BCUT2D eigenvalue weighted by atomic mass is 16.6. The van der Waals surface area contributed by atoms with Crippen molar-refractivity contribution in [3.8, 4) is 11.5 Å². The predicted molar refractivity (Wildman–Crippen MR) is 160 cm³/mol. The number of hydrogen-bond acceptors (Lipinski definition) is 6. The molecule has 2 rings (SSSR count). The van der Waals surface area contributed by atoms with Gasteiger partial charge in [0, 0.05) is 25.1 Å². The summed E-state index contributed by atoms with van der Waals surface area (Å²) in [6.07, 6.45) is 3.36. The average molecular weight is 570 g/mol. The summed E-state index contributed by atoms with van der Waals surface area (Å²) in [5.41, 5.74) is 0.825. The Morgan fingerprint density at radius 1 is 0.951 bits per heavy atom. The highest BCUT2D eigenvalue weighted by molar-refractivity contribution is 5.92. The van der Waals surface area contributed by atoms with Gasteiger partial charge in [0.1, 0.15) is 29.2 Å². The standard InChI is InChI=1S/C32H47N3O6/c1-7-9-11-20-35(27(29(38)33-19-10-8-2)25-14-12-13-22(3)28(25)37)30(39)26(34-31(40)41-32(4,5)6)21-23-15-17-24(36)18-16-23/h12-18,26-27,36-37H,7-11,19-21H2,1-6H3,(H,33,38)(H,34,40). The highest BCUT2D eigenvalue weighted by Crippen LogP contribution is 2.33. The number of rotatable bonds is 14. The summed E-state index contributed by atoms with van der Waals surface area (Å²) >= 11 is 0. The van der Waals surface area contributed by atoms with Gasteiger partial charge >= 0.3 is 6.09 Å². The van der Waals surface area contributed by atoms with Crippen LogP contribution in [0.15, 0.2) is 42.5 Å². The molecule has 226 valence electrons. The van der Waals surface area contributed by atoms with Crippen molar-refractivity contribution in [3.05, 3.63) is 59.2 Å². The van der Waals surface area contributed by atoms with Gasteiger partial charge < -0.3 is 30.5 Å². The predicted octanol–water partition coefficient (Wildman–Crippen LogP) is 5.52. The van der Waals surface area contributed by atoms with E-state index in [9.17, 15) is 24.6 Å². The van der Waals surface area contributed by atoms with E-state index in [1.807, 2.05) is 13.8 Å². The summed E-state index contributed by atoms with van der Waals surface area (Å²) in [4.78, 5) is 42.5. The maximum absolute atomic E-state index is 14.4. The van der Waals surface area contributed by atoms with Gasteiger partial charge in [-0.15, -0.1) is 0 Å². The van der Waals surface area contributed by atoms with Gasteiger partial charge in [0.15, 0.2) is 0 Å². The molecule has 0 radical (unpaired) electrons. The van der Waals surface area contributed by atoms with Crippen LogP contribution in [0, 0.1) is 6.92 Å². The molecule has 2 aromatic carbocycles. The molecule has 0 bridgehead atoms. The molecule has 0 aliphatic rings. The molecule has 2 unspecified atom stereocenters. The fourth-order valence-corrected chi connectivity index (χ4v) is 4.45. The number of carbonyl (C=O) groups is 3. The summed E-state index contributed by atoms with van der Waals surface area (Å²) in [6.45, 7) is 11.7. The van der Waals surface area contributed by atoms with Crippen LogP contribution in [0.4, 0.5) is 4.79 Å². The first-order chi connectivity index (χ1) is 19.4. The van der Waals surface area contributed by atoms with Crippen LogP contribution >= 0.6 is 0 Å². The van der Waals surface area contributed by atoms with Crippen molar-refractivity contribution in [2.45, 2.75) is 97.8 Å². The van der Waals surface area contributed by atoms with E-state index in [-0.39, 0.29) is 24.5 Å². The molecule has 9 nitrogen and oxygen atoms in total. The van der Waals surface area contributed by atoms with E-state index >= 15 is 0 Å². The van der Waals surface area contributed by atoms with E-state index in [1.54, 1.807) is 58.0 Å². The van der Waals surface area contributed by atoms with Gasteiger partial charge in [0.05, 0.1) is 0 Å². The molecule has 0 saturated heterocycles. The van der Waals surface area contributed by atoms with Gasteiger partial charge in [-0.3, -0.25) is 9.59 Å². The van der Waals surface area contributed by atoms with Gasteiger partial charge in [-0.25, -0.2) is 4.79 Å². The van der Waals surface area contributed by atoms with Gasteiger partial charge in [0.25, 0.3) is 0 Å². The molecule has 2 aromatic rings. The van der Waals surface area contributed by atoms with E-state index < -0.39 is 35.6 Å². The molecule has 3 amide bonds. The zero-order chi connectivity index (χ0) is 30.6. The summed E-state index contributed by atoms with van der Waals surface area (Å²) in [5, 5.41) is 26.4. The molecule has 0 aliphatic carbocycles. The lowest BCUT2D eigenvalue weighted by Crippen LogP contribution is -2.54. The minimum absolute atomic E-state index is 0.0494. The number of amides is 3. The number of ether oxygens (including phenoxy) is 1. The lowest BCUT2D eigenvalue weighted by atomic mass is 9.97. The number of nitrogens with one attached hydrogen (secondary N) is 2. The summed E-state index contributed by atoms with van der Waals surface area (Å²) in [5.74, 6) is -0.843. The number of phenolic OH excluding ortho intramolecular Hbond substituents is 2. The van der Waals surface area contributed by atoms with Crippen LogP contribution in [-0.4, -0.2) is 57.8 Å². The molecule has 0 saturated carbocycles. The highest BCUT2D eigenvalue weighted by Gasteiger charge is 2.37. The number of unbranched alkanes of at least 4 members (excludes halogenated alkanes) is 3. The first kappa shape index (κ1) is 33.5. The summed E-state index contributed by atoms with van der Waals surface area (Å²) in [7, 11) is 0. The molecular weight excluding hydrogens is 522 g/mol. The van der Waals surface area contributed by atoms with Gasteiger partial charge in [-0.05, 0) is 63.8 Å². The summed E-state index contributed by atoms with van der Waals surface area (Å²) in [6, 6.07) is 9.33. The van der Waals surface area contributed by atoms with Crippen molar-refractivity contribution >= 4 is 17.9 Å². The second kappa shape index (κ2) is 15.9. The molecular formula is C32H47N3O6. The Balaban J connectivity index is 2.59. The molecule has 0 heterocycles. The molecule has 2 atom stereocenters. The largest absolute Gasteiger partial charge is 0.508 e. The molecule has 9 heteroatoms. The SMILES string of the molecule is CCCCCN(C(=O)C(Cc1ccc(O)cc1)NC(=O)OC(C)(C)C)C(C(=O)NCCCC)c1cccc(C)c1O. The third-order valence-corrected chi connectivity index (χ3v) is 6.60. The lowest BCUT2D eigenvalue weighted by molar-refractivity contribution is -0.142. The van der Waals surface area contributed by atoms with Crippen molar-refractivity contribution < 1.29 is 29.3 Å². The number of aryl methyl sites for hydroxylation is 1. The maximum atomic E-state index is 14.4. The molecule has 4 N–H and O–H groups in total. The monoisotopic (exact) mass is 569 g/mol. The number of carbonyl (C=O) groups excluding carboxylic acids is 3. The minimum Gasteiger partial charge on any atom is -0.508 e. The topological polar surface area (TPSA) is 128 Å². The second-order valence-corrected chi connectivity index (χ2v) is 11.4. The van der Waals surface area contributed by atoms with Crippen molar-refractivity contribution in [2.24, 2.45) is 0 Å². The van der Waals surface area contributed by atoms with E-state index in [0.717, 1.165) is 25.7 Å². The normalized spacial score (nSPS) is 12.7. The van der Waals surface area contributed by atoms with Crippen LogP contribution < -0.4 is 10.6 Å². The van der Waals surface area contributed by atoms with Crippen LogP contribution in [0.5, 0.6) is 11.5 Å². The Morgan fingerprint density at radius 2 is 1.61 bits per heavy atom. The molecule has 0 fully saturated rings. The molecule has 0 aliphatic heterocycles. The first-order valence-electron chi connectivity index (χ1n) is 14.5. The number of alkyl carbamates (subject to hydrolysis) is 1. The van der Waals surface area contributed by atoms with Crippen molar-refractivity contribution in [3.63, 3.8) is 0 Å². The van der Waals surface area contributed by atoms with Crippen LogP contribution in [-0.2, 0) is 20.7 Å². The number of phenols is 2. The van der Waals surface area contributed by atoms with Crippen LogP contribution in [0.25, 0.3) is 0 Å². The van der Waals surface area contributed by atoms with E-state index in [0.29, 0.717) is 29.7 Å². The van der Waals surface area contributed by atoms with Crippen LogP contribution in [0.1, 0.15) is 89.5 Å². The third-order valence-electron chi connectivity index (χ3n) is 6.60. The smallest absolute Gasteiger partial charge is 0.408 e. The van der Waals surface area contributed by atoms with E-state index in [2.05, 4.69) is 10.6 Å². The third kappa shape index (κ3) is 10.6. The average Bonchev–Trinajstić information content (AvgIpc) is 2.90. The molecule has 0 aromatic heterocycles. The molecule has 41 heavy (non-hydrogen) atoms. The van der Waals surface area contributed by atoms with E-state index in [4.69, 9.17) is 4.74 Å². The Hall–Kier alpha value is -3.75.